The van der Waals surface area contributed by atoms with Crippen molar-refractivity contribution in [3.63, 3.8) is 0 Å². The van der Waals surface area contributed by atoms with Crippen molar-refractivity contribution in [1.82, 2.24) is 15.0 Å². The average molecular weight is 493 g/mol. The van der Waals surface area contributed by atoms with Gasteiger partial charge in [0.25, 0.3) is 5.91 Å². The first-order chi connectivity index (χ1) is 16.9. The normalized spacial score (nSPS) is 14.2. The van der Waals surface area contributed by atoms with Gasteiger partial charge in [-0.3, -0.25) is 14.5 Å². The van der Waals surface area contributed by atoms with Crippen molar-refractivity contribution in [2.24, 2.45) is 0 Å². The maximum absolute atomic E-state index is 13.3. The highest BCUT2D eigenvalue weighted by molar-refractivity contribution is 7.98. The number of hydrogen-bond acceptors (Lipinski definition) is 6. The largest absolute Gasteiger partial charge is 0.361 e. The van der Waals surface area contributed by atoms with Crippen molar-refractivity contribution < 1.29 is 14.1 Å². The summed E-state index contributed by atoms with van der Waals surface area (Å²) in [5.41, 5.74) is 3.66. The van der Waals surface area contributed by atoms with Crippen LogP contribution in [-0.4, -0.2) is 66.0 Å². The van der Waals surface area contributed by atoms with Gasteiger partial charge in [-0.25, -0.2) is 0 Å². The molecule has 1 aliphatic heterocycles. The zero-order valence-electron chi connectivity index (χ0n) is 20.6. The third-order valence-corrected chi connectivity index (χ3v) is 7.26. The van der Waals surface area contributed by atoms with Gasteiger partial charge in [0, 0.05) is 55.1 Å². The maximum atomic E-state index is 13.3. The molecule has 0 radical (unpaired) electrons. The average Bonchev–Trinajstić information content (AvgIpc) is 3.29. The van der Waals surface area contributed by atoms with E-state index in [2.05, 4.69) is 10.1 Å². The molecule has 8 heteroatoms. The number of carbonyl (C=O) groups is 2. The van der Waals surface area contributed by atoms with Crippen LogP contribution in [0.25, 0.3) is 0 Å². The summed E-state index contributed by atoms with van der Waals surface area (Å²) in [6.45, 7) is 9.44. The highest BCUT2D eigenvalue weighted by Gasteiger charge is 2.26. The molecule has 1 aliphatic rings. The van der Waals surface area contributed by atoms with E-state index in [-0.39, 0.29) is 11.8 Å². The Bertz CT molecular complexity index is 1150. The molecular formula is C27H32N4O3S. The molecule has 184 valence electrons. The first-order valence-corrected chi connectivity index (χ1v) is 13.0. The Morgan fingerprint density at radius 2 is 1.74 bits per heavy atom. The van der Waals surface area contributed by atoms with Gasteiger partial charge in [-0.2, -0.15) is 0 Å². The Hall–Kier alpha value is -3.10. The van der Waals surface area contributed by atoms with Gasteiger partial charge in [-0.15, -0.1) is 11.8 Å². The van der Waals surface area contributed by atoms with E-state index >= 15 is 0 Å². The fourth-order valence-electron chi connectivity index (χ4n) is 4.19. The number of carbonyl (C=O) groups excluding carboxylic acids is 2. The van der Waals surface area contributed by atoms with Crippen LogP contribution in [0.2, 0.25) is 0 Å². The van der Waals surface area contributed by atoms with Crippen LogP contribution in [0.5, 0.6) is 0 Å². The molecule has 2 amide bonds. The maximum Gasteiger partial charge on any atom is 0.255 e. The molecule has 0 saturated carbocycles. The van der Waals surface area contributed by atoms with Crippen LogP contribution in [0, 0.1) is 13.8 Å². The number of amides is 2. The molecule has 4 rings (SSSR count). The van der Waals surface area contributed by atoms with Crippen LogP contribution in [0.15, 0.2) is 64.0 Å². The fraction of sp³-hybridized carbons (Fsp3) is 0.370. The number of benzene rings is 2. The molecule has 3 aromatic rings. The number of piperazine rings is 1. The number of aromatic nitrogens is 1. The van der Waals surface area contributed by atoms with E-state index in [0.717, 1.165) is 22.0 Å². The van der Waals surface area contributed by atoms with Gasteiger partial charge in [0.1, 0.15) is 5.76 Å². The number of aryl methyl sites for hydroxylation is 2. The van der Waals surface area contributed by atoms with Crippen LogP contribution in [0.1, 0.15) is 34.3 Å². The summed E-state index contributed by atoms with van der Waals surface area (Å²) < 4.78 is 5.14. The minimum Gasteiger partial charge on any atom is -0.361 e. The third kappa shape index (κ3) is 6.32. The van der Waals surface area contributed by atoms with Gasteiger partial charge < -0.3 is 14.3 Å². The predicted octanol–water partition coefficient (Wildman–Crippen LogP) is 4.39. The van der Waals surface area contributed by atoms with Crippen molar-refractivity contribution in [2.75, 3.05) is 44.2 Å². The van der Waals surface area contributed by atoms with Crippen LogP contribution in [0.3, 0.4) is 0 Å². The highest BCUT2D eigenvalue weighted by atomic mass is 32.2. The summed E-state index contributed by atoms with van der Waals surface area (Å²) in [4.78, 5) is 33.1. The molecule has 35 heavy (non-hydrogen) atoms. The molecule has 0 spiro atoms. The second-order valence-electron chi connectivity index (χ2n) is 8.76. The number of likely N-dealkylation sites (N-methyl/N-ethyl adjacent to an activating group) is 1. The summed E-state index contributed by atoms with van der Waals surface area (Å²) in [7, 11) is 0. The van der Waals surface area contributed by atoms with Gasteiger partial charge >= 0.3 is 0 Å². The number of nitrogens with zero attached hydrogens (tertiary/aromatic N) is 4. The minimum absolute atomic E-state index is 0.0326. The van der Waals surface area contributed by atoms with E-state index in [0.29, 0.717) is 50.6 Å². The lowest BCUT2D eigenvalue weighted by Crippen LogP contribution is -2.51. The Morgan fingerprint density at radius 1 is 1.03 bits per heavy atom. The summed E-state index contributed by atoms with van der Waals surface area (Å²) >= 11 is 1.59. The van der Waals surface area contributed by atoms with E-state index in [1.807, 2.05) is 85.2 Å². The van der Waals surface area contributed by atoms with Gasteiger partial charge in [0.05, 0.1) is 17.8 Å². The summed E-state index contributed by atoms with van der Waals surface area (Å²) in [6.07, 6.45) is 0. The molecule has 7 nitrogen and oxygen atoms in total. The van der Waals surface area contributed by atoms with E-state index in [4.69, 9.17) is 4.52 Å². The molecular weight excluding hydrogens is 460 g/mol. The number of anilines is 1. The Kier molecular flexibility index (Phi) is 8.25. The number of rotatable bonds is 8. The smallest absolute Gasteiger partial charge is 0.255 e. The first-order valence-electron chi connectivity index (χ1n) is 12.0. The molecule has 0 atom stereocenters. The van der Waals surface area contributed by atoms with Crippen molar-refractivity contribution in [2.45, 2.75) is 31.4 Å². The molecule has 2 heterocycles. The molecule has 1 aromatic heterocycles. The monoisotopic (exact) mass is 492 g/mol. The molecule has 2 aromatic carbocycles. The topological polar surface area (TPSA) is 69.9 Å². The third-order valence-electron chi connectivity index (χ3n) is 6.15. The van der Waals surface area contributed by atoms with E-state index in [1.54, 1.807) is 11.8 Å². The number of thioether (sulfide) groups is 1. The van der Waals surface area contributed by atoms with Crippen molar-refractivity contribution in [3.05, 3.63) is 77.2 Å². The van der Waals surface area contributed by atoms with Gasteiger partial charge in [-0.05, 0) is 45.0 Å². The van der Waals surface area contributed by atoms with Crippen LogP contribution in [-0.2, 0) is 10.5 Å². The lowest BCUT2D eigenvalue weighted by Gasteiger charge is -2.35. The molecule has 1 saturated heterocycles. The summed E-state index contributed by atoms with van der Waals surface area (Å²) in [6, 6.07) is 17.7. The van der Waals surface area contributed by atoms with E-state index in [1.165, 1.54) is 5.56 Å². The zero-order chi connectivity index (χ0) is 24.8. The molecule has 0 unspecified atom stereocenters. The SMILES string of the molecule is CCN(C(=O)CN1CCN(C(=O)c2ccccc2SCc2cc(C)on2)CC1)c1ccc(C)cc1. The van der Waals surface area contributed by atoms with E-state index < -0.39 is 0 Å². The van der Waals surface area contributed by atoms with E-state index in [9.17, 15) is 9.59 Å². The van der Waals surface area contributed by atoms with Crippen LogP contribution < -0.4 is 4.90 Å². The van der Waals surface area contributed by atoms with Gasteiger partial charge in [-0.1, -0.05) is 35.0 Å². The fourth-order valence-corrected chi connectivity index (χ4v) is 5.12. The van der Waals surface area contributed by atoms with Gasteiger partial charge in [0.15, 0.2) is 0 Å². The lowest BCUT2D eigenvalue weighted by molar-refractivity contribution is -0.120. The standard InChI is InChI=1S/C27H32N4O3S/c1-4-31(23-11-9-20(2)10-12-23)26(32)18-29-13-15-30(16-14-29)27(33)24-7-5-6-8-25(24)35-19-22-17-21(3)34-28-22/h5-12,17H,4,13-16,18-19H2,1-3H3. The Balaban J connectivity index is 1.32. The molecule has 0 aliphatic carbocycles. The van der Waals surface area contributed by atoms with Gasteiger partial charge in [0.2, 0.25) is 5.91 Å². The van der Waals surface area contributed by atoms with Crippen molar-refractivity contribution in [3.8, 4) is 0 Å². The Labute approximate surface area is 211 Å². The molecule has 1 fully saturated rings. The second kappa shape index (κ2) is 11.6. The zero-order valence-corrected chi connectivity index (χ0v) is 21.4. The second-order valence-corrected chi connectivity index (χ2v) is 9.77. The highest BCUT2D eigenvalue weighted by Crippen LogP contribution is 2.27. The quantitative estimate of drug-likeness (QED) is 0.434. The predicted molar refractivity (Wildman–Crippen MR) is 139 cm³/mol. The van der Waals surface area contributed by atoms with Crippen LogP contribution in [0.4, 0.5) is 5.69 Å². The molecule has 0 N–H and O–H groups in total. The minimum atomic E-state index is 0.0326. The lowest BCUT2D eigenvalue weighted by atomic mass is 10.1. The molecule has 0 bridgehead atoms. The van der Waals surface area contributed by atoms with Crippen molar-refractivity contribution >= 4 is 29.3 Å². The van der Waals surface area contributed by atoms with Crippen molar-refractivity contribution in [1.29, 1.82) is 0 Å². The summed E-state index contributed by atoms with van der Waals surface area (Å²) in [5.74, 6) is 1.54. The van der Waals surface area contributed by atoms with Crippen LogP contribution >= 0.6 is 11.8 Å². The first kappa shape index (κ1) is 25.0. The summed E-state index contributed by atoms with van der Waals surface area (Å²) in [5, 5.41) is 4.04. The Morgan fingerprint density at radius 3 is 2.40 bits per heavy atom. The number of hydrogen-bond donors (Lipinski definition) is 0.